The van der Waals surface area contributed by atoms with Crippen LogP contribution in [-0.2, 0) is 21.3 Å². The van der Waals surface area contributed by atoms with E-state index in [0.29, 0.717) is 36.6 Å². The first-order valence-corrected chi connectivity index (χ1v) is 12.6. The summed E-state index contributed by atoms with van der Waals surface area (Å²) in [6, 6.07) is 11.6. The van der Waals surface area contributed by atoms with Gasteiger partial charge in [0.1, 0.15) is 17.3 Å². The molecule has 2 N–H and O–H groups in total. The van der Waals surface area contributed by atoms with Gasteiger partial charge in [0.05, 0.1) is 37.0 Å². The van der Waals surface area contributed by atoms with Crippen LogP contribution in [-0.4, -0.2) is 52.1 Å². The van der Waals surface area contributed by atoms with E-state index >= 15 is 0 Å². The maximum atomic E-state index is 13.1. The van der Waals surface area contributed by atoms with Gasteiger partial charge in [-0.05, 0) is 55.8 Å². The first-order valence-electron chi connectivity index (χ1n) is 11.1. The second kappa shape index (κ2) is 10.6. The van der Waals surface area contributed by atoms with Gasteiger partial charge in [0.25, 0.3) is 5.91 Å². The Labute approximate surface area is 199 Å². The minimum atomic E-state index is -3.82. The Bertz CT molecular complexity index is 1210. The van der Waals surface area contributed by atoms with E-state index in [1.165, 1.54) is 18.4 Å². The van der Waals surface area contributed by atoms with Gasteiger partial charge in [0, 0.05) is 25.2 Å². The molecule has 2 aromatic heterocycles. The molecule has 1 aliphatic heterocycles. The summed E-state index contributed by atoms with van der Waals surface area (Å²) < 4.78 is 44.5. The third-order valence-corrected chi connectivity index (χ3v) is 7.21. The number of hydrogen-bond acceptors (Lipinski definition) is 7. The van der Waals surface area contributed by atoms with E-state index in [4.69, 9.17) is 13.6 Å². The first-order chi connectivity index (χ1) is 16.3. The van der Waals surface area contributed by atoms with Gasteiger partial charge in [0.15, 0.2) is 0 Å². The van der Waals surface area contributed by atoms with Crippen molar-refractivity contribution in [2.45, 2.75) is 31.3 Å². The van der Waals surface area contributed by atoms with Crippen molar-refractivity contribution in [1.82, 2.24) is 14.9 Å². The fourth-order valence-electron chi connectivity index (χ4n) is 3.89. The predicted octanol–water partition coefficient (Wildman–Crippen LogP) is 2.77. The van der Waals surface area contributed by atoms with Gasteiger partial charge in [0.2, 0.25) is 10.0 Å². The van der Waals surface area contributed by atoms with Crippen molar-refractivity contribution in [2.24, 2.45) is 0 Å². The summed E-state index contributed by atoms with van der Waals surface area (Å²) >= 11 is 0. The van der Waals surface area contributed by atoms with Crippen LogP contribution >= 0.6 is 0 Å². The van der Waals surface area contributed by atoms with Crippen LogP contribution in [0.2, 0.25) is 0 Å². The molecule has 10 heteroatoms. The van der Waals surface area contributed by atoms with Gasteiger partial charge in [-0.1, -0.05) is 6.07 Å². The highest BCUT2D eigenvalue weighted by Gasteiger charge is 2.26. The molecule has 0 saturated carbocycles. The molecule has 3 aromatic rings. The van der Waals surface area contributed by atoms with Gasteiger partial charge < -0.3 is 18.9 Å². The zero-order valence-electron chi connectivity index (χ0n) is 19.2. The van der Waals surface area contributed by atoms with E-state index in [1.807, 2.05) is 19.1 Å². The van der Waals surface area contributed by atoms with Crippen molar-refractivity contribution in [3.63, 3.8) is 0 Å². The van der Waals surface area contributed by atoms with Gasteiger partial charge in [-0.3, -0.25) is 9.69 Å². The zero-order chi connectivity index (χ0) is 24.1. The van der Waals surface area contributed by atoms with Crippen molar-refractivity contribution in [2.75, 3.05) is 32.8 Å². The number of rotatable bonds is 9. The number of nitrogens with zero attached hydrogens (tertiary/aromatic N) is 1. The van der Waals surface area contributed by atoms with Gasteiger partial charge in [-0.2, -0.15) is 0 Å². The van der Waals surface area contributed by atoms with Crippen LogP contribution in [0.15, 0.2) is 62.5 Å². The molecule has 0 spiro atoms. The second-order valence-corrected chi connectivity index (χ2v) is 9.97. The number of hydrogen-bond donors (Lipinski definition) is 2. The molecule has 34 heavy (non-hydrogen) atoms. The molecular formula is C24H29N3O6S. The quantitative estimate of drug-likeness (QED) is 0.477. The smallest absolute Gasteiger partial charge is 0.251 e. The number of morpholine rings is 1. The lowest BCUT2D eigenvalue weighted by molar-refractivity contribution is 0.0117. The lowest BCUT2D eigenvalue weighted by atomic mass is 10.1. The molecular weight excluding hydrogens is 458 g/mol. The SMILES string of the molecule is Cc1ccc(C(CNC(=O)c2cc(S(=O)(=O)NCc3ccco3)ccc2C)N2CCOCC2)o1. The van der Waals surface area contributed by atoms with E-state index in [2.05, 4.69) is 14.9 Å². The third-order valence-electron chi connectivity index (χ3n) is 5.81. The molecule has 1 atom stereocenters. The van der Waals surface area contributed by atoms with E-state index in [1.54, 1.807) is 25.1 Å². The van der Waals surface area contributed by atoms with E-state index in [0.717, 1.165) is 24.6 Å². The monoisotopic (exact) mass is 487 g/mol. The van der Waals surface area contributed by atoms with Crippen molar-refractivity contribution < 1.29 is 26.8 Å². The van der Waals surface area contributed by atoms with Crippen molar-refractivity contribution in [3.8, 4) is 0 Å². The van der Waals surface area contributed by atoms with Crippen LogP contribution in [0.3, 0.4) is 0 Å². The Kier molecular flexibility index (Phi) is 7.52. The molecule has 0 bridgehead atoms. The summed E-state index contributed by atoms with van der Waals surface area (Å²) in [6.07, 6.45) is 1.48. The lowest BCUT2D eigenvalue weighted by Gasteiger charge is -2.33. The Hall–Kier alpha value is -2.92. The molecule has 9 nitrogen and oxygen atoms in total. The molecule has 0 radical (unpaired) electrons. The maximum Gasteiger partial charge on any atom is 0.251 e. The lowest BCUT2D eigenvalue weighted by Crippen LogP contribution is -2.43. The molecule has 1 fully saturated rings. The Balaban J connectivity index is 1.48. The fraction of sp³-hybridized carbons (Fsp3) is 0.375. The fourth-order valence-corrected chi connectivity index (χ4v) is 4.91. The largest absolute Gasteiger partial charge is 0.468 e. The average molecular weight is 488 g/mol. The summed E-state index contributed by atoms with van der Waals surface area (Å²) in [5, 5.41) is 2.97. The number of furan rings is 2. The Morgan fingerprint density at radius 1 is 1.12 bits per heavy atom. The number of aryl methyl sites for hydroxylation is 2. The standard InChI is InChI=1S/C24H29N3O6S/c1-17-5-7-20(34(29,30)26-15-19-4-3-11-32-19)14-21(17)24(28)25-16-22(23-8-6-18(2)33-23)27-9-12-31-13-10-27/h3-8,11,14,22,26H,9-10,12-13,15-16H2,1-2H3,(H,25,28). The molecule has 182 valence electrons. The number of benzene rings is 1. The normalized spacial score (nSPS) is 15.8. The number of carbonyl (C=O) groups excluding carboxylic acids is 1. The number of carbonyl (C=O) groups is 1. The molecule has 1 unspecified atom stereocenters. The first kappa shape index (κ1) is 24.2. The van der Waals surface area contributed by atoms with E-state index in [-0.39, 0.29) is 23.4 Å². The van der Waals surface area contributed by atoms with Crippen molar-refractivity contribution in [1.29, 1.82) is 0 Å². The number of amides is 1. The summed E-state index contributed by atoms with van der Waals surface area (Å²) in [5.74, 6) is 1.73. The number of sulfonamides is 1. The molecule has 1 saturated heterocycles. The maximum absolute atomic E-state index is 13.1. The van der Waals surface area contributed by atoms with Gasteiger partial charge in [-0.25, -0.2) is 13.1 Å². The van der Waals surface area contributed by atoms with Gasteiger partial charge in [-0.15, -0.1) is 0 Å². The van der Waals surface area contributed by atoms with Crippen LogP contribution in [0.5, 0.6) is 0 Å². The minimum Gasteiger partial charge on any atom is -0.468 e. The predicted molar refractivity (Wildman–Crippen MR) is 125 cm³/mol. The van der Waals surface area contributed by atoms with Crippen LogP contribution in [0.25, 0.3) is 0 Å². The van der Waals surface area contributed by atoms with Crippen LogP contribution < -0.4 is 10.0 Å². The van der Waals surface area contributed by atoms with E-state index < -0.39 is 10.0 Å². The van der Waals surface area contributed by atoms with E-state index in [9.17, 15) is 13.2 Å². The average Bonchev–Trinajstić information content (AvgIpc) is 3.51. The van der Waals surface area contributed by atoms with Crippen LogP contribution in [0, 0.1) is 13.8 Å². The van der Waals surface area contributed by atoms with Crippen molar-refractivity contribution >= 4 is 15.9 Å². The molecule has 1 aromatic carbocycles. The number of ether oxygens (including phenoxy) is 1. The molecule has 3 heterocycles. The van der Waals surface area contributed by atoms with Gasteiger partial charge >= 0.3 is 0 Å². The third kappa shape index (κ3) is 5.76. The summed E-state index contributed by atoms with van der Waals surface area (Å²) in [4.78, 5) is 15.3. The Morgan fingerprint density at radius 2 is 1.91 bits per heavy atom. The minimum absolute atomic E-state index is 0.0150. The van der Waals surface area contributed by atoms with Crippen LogP contribution in [0.1, 0.15) is 39.2 Å². The second-order valence-electron chi connectivity index (χ2n) is 8.20. The Morgan fingerprint density at radius 3 is 2.59 bits per heavy atom. The summed E-state index contributed by atoms with van der Waals surface area (Å²) in [5.41, 5.74) is 0.983. The molecule has 4 rings (SSSR count). The summed E-state index contributed by atoms with van der Waals surface area (Å²) in [6.45, 7) is 6.70. The zero-order valence-corrected chi connectivity index (χ0v) is 20.1. The molecule has 1 amide bonds. The molecule has 0 aliphatic carbocycles. The highest BCUT2D eigenvalue weighted by atomic mass is 32.2. The summed E-state index contributed by atoms with van der Waals surface area (Å²) in [7, 11) is -3.82. The highest BCUT2D eigenvalue weighted by molar-refractivity contribution is 7.89. The highest BCUT2D eigenvalue weighted by Crippen LogP contribution is 2.24. The number of nitrogens with one attached hydrogen (secondary N) is 2. The van der Waals surface area contributed by atoms with Crippen LogP contribution in [0.4, 0.5) is 0 Å². The molecule has 1 aliphatic rings. The topological polar surface area (TPSA) is 114 Å². The van der Waals surface area contributed by atoms with Crippen molar-refractivity contribution in [3.05, 3.63) is 77.1 Å².